The molecule has 116 valence electrons. The highest BCUT2D eigenvalue weighted by Gasteiger charge is 2.38. The second-order valence-electron chi connectivity index (χ2n) is 6.94. The number of hydrogen-bond acceptors (Lipinski definition) is 3. The van der Waals surface area contributed by atoms with Crippen LogP contribution >= 0.6 is 0 Å². The first-order chi connectivity index (χ1) is 8.74. The Balaban J connectivity index is 4.38. The Hall–Kier alpha value is 0.0969. The molecule has 0 radical (unpaired) electrons. The van der Waals surface area contributed by atoms with Gasteiger partial charge in [-0.05, 0) is 56.7 Å². The first-order valence-electron chi connectivity index (χ1n) is 7.64. The van der Waals surface area contributed by atoms with Crippen LogP contribution in [0.1, 0.15) is 59.3 Å². The molecule has 0 saturated heterocycles. The molecule has 0 amide bonds. The number of hydrogen-bond donors (Lipinski definition) is 2. The van der Waals surface area contributed by atoms with Crippen molar-refractivity contribution in [2.45, 2.75) is 83.5 Å². The molecule has 0 bridgehead atoms. The van der Waals surface area contributed by atoms with E-state index in [1.807, 2.05) is 0 Å². The molecule has 3 nitrogen and oxygen atoms in total. The summed E-state index contributed by atoms with van der Waals surface area (Å²) in [5.74, 6) is 0. The van der Waals surface area contributed by atoms with Crippen LogP contribution in [0, 0.1) is 0 Å². The fraction of sp³-hybridized carbons (Fsp3) is 1.00. The van der Waals surface area contributed by atoms with E-state index in [1.165, 1.54) is 0 Å². The zero-order chi connectivity index (χ0) is 14.9. The van der Waals surface area contributed by atoms with E-state index in [2.05, 4.69) is 33.9 Å². The van der Waals surface area contributed by atoms with Crippen molar-refractivity contribution in [3.8, 4) is 0 Å². The summed E-state index contributed by atoms with van der Waals surface area (Å²) in [6.45, 7) is 11.9. The van der Waals surface area contributed by atoms with Gasteiger partial charge >= 0.3 is 0 Å². The van der Waals surface area contributed by atoms with Gasteiger partial charge in [0, 0.05) is 19.3 Å². The summed E-state index contributed by atoms with van der Waals surface area (Å²) in [6, 6.07) is 0. The summed E-state index contributed by atoms with van der Waals surface area (Å²) in [4.78, 5) is 0. The predicted octanol–water partition coefficient (Wildman–Crippen LogP) is 3.70. The van der Waals surface area contributed by atoms with E-state index in [1.54, 1.807) is 0 Å². The normalized spacial score (nSPS) is 13.3. The van der Waals surface area contributed by atoms with E-state index in [4.69, 9.17) is 14.6 Å². The minimum atomic E-state index is -1.71. The zero-order valence-electron chi connectivity index (χ0n) is 13.5. The van der Waals surface area contributed by atoms with Crippen LogP contribution in [0.15, 0.2) is 0 Å². The molecule has 0 spiro atoms. The minimum absolute atomic E-state index is 0.235. The van der Waals surface area contributed by atoms with Crippen LogP contribution in [0.3, 0.4) is 0 Å². The number of aliphatic hydroxyl groups is 2. The highest BCUT2D eigenvalue weighted by molar-refractivity contribution is 6.74. The number of aliphatic hydroxyl groups excluding tert-OH is 2. The molecule has 0 heterocycles. The van der Waals surface area contributed by atoms with Crippen LogP contribution in [-0.2, 0) is 4.43 Å². The average Bonchev–Trinajstić information content (AvgIpc) is 2.27. The van der Waals surface area contributed by atoms with Gasteiger partial charge in [0.2, 0.25) is 0 Å². The second kappa shape index (κ2) is 9.11. The maximum Gasteiger partial charge on any atom is 0.192 e. The van der Waals surface area contributed by atoms with Crippen molar-refractivity contribution in [3.63, 3.8) is 0 Å². The molecule has 4 heteroatoms. The van der Waals surface area contributed by atoms with E-state index < -0.39 is 8.32 Å². The molecule has 0 aliphatic carbocycles. The number of rotatable bonds is 10. The first-order valence-corrected chi connectivity index (χ1v) is 10.5. The fourth-order valence-electron chi connectivity index (χ4n) is 1.82. The molecule has 0 aromatic heterocycles. The Morgan fingerprint density at radius 2 is 1.32 bits per heavy atom. The van der Waals surface area contributed by atoms with Gasteiger partial charge < -0.3 is 14.6 Å². The van der Waals surface area contributed by atoms with Crippen LogP contribution in [0.2, 0.25) is 18.1 Å². The van der Waals surface area contributed by atoms with Crippen molar-refractivity contribution in [1.29, 1.82) is 0 Å². The molecule has 2 N–H and O–H groups in total. The molecule has 0 aliphatic rings. The first kappa shape index (κ1) is 19.1. The Kier molecular flexibility index (Phi) is 9.16. The molecule has 0 unspecified atom stereocenters. The lowest BCUT2D eigenvalue weighted by Gasteiger charge is -2.39. The van der Waals surface area contributed by atoms with Crippen molar-refractivity contribution >= 4 is 8.32 Å². The lowest BCUT2D eigenvalue weighted by atomic mass is 10.1. The van der Waals surface area contributed by atoms with Crippen LogP contribution in [0.25, 0.3) is 0 Å². The summed E-state index contributed by atoms with van der Waals surface area (Å²) < 4.78 is 6.47. The van der Waals surface area contributed by atoms with Gasteiger partial charge in [-0.2, -0.15) is 0 Å². The van der Waals surface area contributed by atoms with Crippen molar-refractivity contribution < 1.29 is 14.6 Å². The van der Waals surface area contributed by atoms with Crippen molar-refractivity contribution in [3.05, 3.63) is 0 Å². The van der Waals surface area contributed by atoms with Gasteiger partial charge in [-0.15, -0.1) is 0 Å². The fourth-order valence-corrected chi connectivity index (χ4v) is 3.25. The van der Waals surface area contributed by atoms with Gasteiger partial charge in [0.1, 0.15) is 0 Å². The van der Waals surface area contributed by atoms with Gasteiger partial charge in [-0.25, -0.2) is 0 Å². The lowest BCUT2D eigenvalue weighted by Crippen LogP contribution is -2.44. The predicted molar refractivity (Wildman–Crippen MR) is 83.9 cm³/mol. The molecule has 0 fully saturated rings. The van der Waals surface area contributed by atoms with Crippen LogP contribution < -0.4 is 0 Å². The maximum absolute atomic E-state index is 8.89. The molecule has 0 aromatic rings. The standard InChI is InChI=1S/C15H34O3Si/c1-15(2,3)19(4,5)18-14(10-6-8-12-16)11-7-9-13-17/h14,16-17H,6-13H2,1-5H3. The molecule has 0 aromatic carbocycles. The van der Waals surface area contributed by atoms with Crippen molar-refractivity contribution in [1.82, 2.24) is 0 Å². The number of unbranched alkanes of at least 4 members (excludes halogenated alkanes) is 2. The Morgan fingerprint density at radius 3 is 1.63 bits per heavy atom. The van der Waals surface area contributed by atoms with Crippen LogP contribution in [-0.4, -0.2) is 37.8 Å². The highest BCUT2D eigenvalue weighted by Crippen LogP contribution is 2.38. The Labute approximate surface area is 120 Å². The topological polar surface area (TPSA) is 49.7 Å². The monoisotopic (exact) mass is 290 g/mol. The van der Waals surface area contributed by atoms with Gasteiger partial charge in [0.25, 0.3) is 0 Å². The van der Waals surface area contributed by atoms with Crippen molar-refractivity contribution in [2.24, 2.45) is 0 Å². The summed E-state index contributed by atoms with van der Waals surface area (Å²) in [6.07, 6.45) is 6.11. The summed E-state index contributed by atoms with van der Waals surface area (Å²) >= 11 is 0. The van der Waals surface area contributed by atoms with E-state index in [-0.39, 0.29) is 18.3 Å². The zero-order valence-corrected chi connectivity index (χ0v) is 14.5. The van der Waals surface area contributed by atoms with E-state index in [9.17, 15) is 0 Å². The second-order valence-corrected chi connectivity index (χ2v) is 11.7. The molecular formula is C15H34O3Si. The van der Waals surface area contributed by atoms with E-state index >= 15 is 0 Å². The molecule has 19 heavy (non-hydrogen) atoms. The Bertz CT molecular complexity index is 214. The van der Waals surface area contributed by atoms with Crippen LogP contribution in [0.4, 0.5) is 0 Å². The minimum Gasteiger partial charge on any atom is -0.414 e. The van der Waals surface area contributed by atoms with Gasteiger partial charge in [-0.1, -0.05) is 20.8 Å². The third kappa shape index (κ3) is 8.08. The van der Waals surface area contributed by atoms with Gasteiger partial charge in [0.05, 0.1) is 0 Å². The largest absolute Gasteiger partial charge is 0.414 e. The summed E-state index contributed by atoms with van der Waals surface area (Å²) in [7, 11) is -1.71. The summed E-state index contributed by atoms with van der Waals surface area (Å²) in [5.41, 5.74) is 0. The Morgan fingerprint density at radius 1 is 0.895 bits per heavy atom. The lowest BCUT2D eigenvalue weighted by molar-refractivity contribution is 0.148. The molecule has 0 aliphatic heterocycles. The third-order valence-electron chi connectivity index (χ3n) is 4.14. The van der Waals surface area contributed by atoms with Crippen molar-refractivity contribution in [2.75, 3.05) is 13.2 Å². The smallest absolute Gasteiger partial charge is 0.192 e. The SMILES string of the molecule is CC(C)(C)[Si](C)(C)OC(CCCCO)CCCCO. The third-order valence-corrected chi connectivity index (χ3v) is 8.67. The molecule has 0 atom stereocenters. The van der Waals surface area contributed by atoms with Gasteiger partial charge in [-0.3, -0.25) is 0 Å². The van der Waals surface area contributed by atoms with Crippen LogP contribution in [0.5, 0.6) is 0 Å². The maximum atomic E-state index is 8.89. The van der Waals surface area contributed by atoms with Gasteiger partial charge in [0.15, 0.2) is 8.32 Å². The summed E-state index contributed by atoms with van der Waals surface area (Å²) in [5, 5.41) is 18.0. The molecule has 0 rings (SSSR count). The molecular weight excluding hydrogens is 256 g/mol. The molecule has 0 saturated carbocycles. The van der Waals surface area contributed by atoms with E-state index in [0.717, 1.165) is 38.5 Å². The quantitative estimate of drug-likeness (QED) is 0.476. The highest BCUT2D eigenvalue weighted by atomic mass is 28.4. The average molecular weight is 291 g/mol. The van der Waals surface area contributed by atoms with E-state index in [0.29, 0.717) is 6.10 Å².